The van der Waals surface area contributed by atoms with E-state index in [2.05, 4.69) is 20.8 Å². The SMILES string of the molecule is CN(C1CCC(OCCCCCCN2CCOCC2)CC1)S(=O)(=O)c1ccc(Br)cc1. The van der Waals surface area contributed by atoms with E-state index in [1.54, 1.807) is 35.6 Å². The normalized spacial score (nSPS) is 23.3. The summed E-state index contributed by atoms with van der Waals surface area (Å²) in [5.74, 6) is 0. The summed E-state index contributed by atoms with van der Waals surface area (Å²) in [5, 5.41) is 0. The number of morpholine rings is 1. The van der Waals surface area contributed by atoms with Gasteiger partial charge in [-0.1, -0.05) is 28.8 Å². The summed E-state index contributed by atoms with van der Waals surface area (Å²) in [7, 11) is -1.74. The summed E-state index contributed by atoms with van der Waals surface area (Å²) in [6, 6.07) is 6.91. The first-order chi connectivity index (χ1) is 15.0. The Labute approximate surface area is 196 Å². The van der Waals surface area contributed by atoms with Crippen LogP contribution in [0.5, 0.6) is 0 Å². The van der Waals surface area contributed by atoms with Crippen molar-refractivity contribution in [2.75, 3.05) is 46.5 Å². The number of rotatable bonds is 11. The topological polar surface area (TPSA) is 59.1 Å². The minimum atomic E-state index is -3.45. The molecule has 2 fully saturated rings. The molecule has 0 bridgehead atoms. The van der Waals surface area contributed by atoms with E-state index >= 15 is 0 Å². The fourth-order valence-corrected chi connectivity index (χ4v) is 6.09. The van der Waals surface area contributed by atoms with Gasteiger partial charge in [0.05, 0.1) is 24.2 Å². The Kier molecular flexibility index (Phi) is 10.3. The Bertz CT molecular complexity index is 745. The van der Waals surface area contributed by atoms with Crippen LogP contribution in [0.2, 0.25) is 0 Å². The molecule has 0 unspecified atom stereocenters. The van der Waals surface area contributed by atoms with Gasteiger partial charge >= 0.3 is 0 Å². The van der Waals surface area contributed by atoms with E-state index in [4.69, 9.17) is 9.47 Å². The number of sulfonamides is 1. The number of ether oxygens (including phenoxy) is 2. The van der Waals surface area contributed by atoms with Crippen LogP contribution in [0.15, 0.2) is 33.6 Å². The van der Waals surface area contributed by atoms with Crippen LogP contribution in [0.3, 0.4) is 0 Å². The second kappa shape index (κ2) is 12.7. The lowest BCUT2D eigenvalue weighted by Crippen LogP contribution is -2.40. The maximum absolute atomic E-state index is 12.9. The molecule has 0 N–H and O–H groups in total. The van der Waals surface area contributed by atoms with Gasteiger partial charge in [0.1, 0.15) is 0 Å². The average Bonchev–Trinajstić information content (AvgIpc) is 2.79. The maximum atomic E-state index is 12.9. The third-order valence-electron chi connectivity index (χ3n) is 6.47. The van der Waals surface area contributed by atoms with Crippen LogP contribution in [-0.4, -0.2) is 76.3 Å². The summed E-state index contributed by atoms with van der Waals surface area (Å²) in [6.07, 6.45) is 8.69. The minimum Gasteiger partial charge on any atom is -0.379 e. The Morgan fingerprint density at radius 3 is 2.35 bits per heavy atom. The summed E-state index contributed by atoms with van der Waals surface area (Å²) >= 11 is 3.36. The van der Waals surface area contributed by atoms with Crippen molar-refractivity contribution in [2.45, 2.75) is 68.4 Å². The molecule has 1 saturated heterocycles. The molecule has 1 saturated carbocycles. The smallest absolute Gasteiger partial charge is 0.243 e. The average molecular weight is 518 g/mol. The van der Waals surface area contributed by atoms with Crippen LogP contribution in [0.25, 0.3) is 0 Å². The highest BCUT2D eigenvalue weighted by atomic mass is 79.9. The van der Waals surface area contributed by atoms with E-state index in [9.17, 15) is 8.42 Å². The van der Waals surface area contributed by atoms with Gasteiger partial charge in [-0.3, -0.25) is 4.90 Å². The molecule has 1 heterocycles. The van der Waals surface area contributed by atoms with E-state index in [0.717, 1.165) is 69.5 Å². The summed E-state index contributed by atoms with van der Waals surface area (Å²) in [4.78, 5) is 2.84. The molecule has 176 valence electrons. The second-order valence-corrected chi connectivity index (χ2v) is 11.6. The first-order valence-electron chi connectivity index (χ1n) is 11.6. The molecule has 1 aromatic rings. The van der Waals surface area contributed by atoms with Crippen molar-refractivity contribution in [1.82, 2.24) is 9.21 Å². The largest absolute Gasteiger partial charge is 0.379 e. The molecule has 0 amide bonds. The van der Waals surface area contributed by atoms with Gasteiger partial charge in [0.25, 0.3) is 0 Å². The van der Waals surface area contributed by atoms with Crippen LogP contribution in [0, 0.1) is 0 Å². The molecule has 1 aliphatic carbocycles. The summed E-state index contributed by atoms with van der Waals surface area (Å²) < 4.78 is 39.7. The predicted octanol–water partition coefficient (Wildman–Crippen LogP) is 4.29. The van der Waals surface area contributed by atoms with Gasteiger partial charge in [-0.2, -0.15) is 4.31 Å². The molecule has 0 aromatic heterocycles. The van der Waals surface area contributed by atoms with E-state index in [1.165, 1.54) is 25.8 Å². The van der Waals surface area contributed by atoms with Crippen LogP contribution in [0.1, 0.15) is 51.4 Å². The third-order valence-corrected chi connectivity index (χ3v) is 8.93. The molecule has 1 aliphatic heterocycles. The molecule has 31 heavy (non-hydrogen) atoms. The van der Waals surface area contributed by atoms with E-state index < -0.39 is 10.0 Å². The van der Waals surface area contributed by atoms with Gasteiger partial charge in [0.15, 0.2) is 0 Å². The van der Waals surface area contributed by atoms with E-state index in [1.807, 2.05) is 0 Å². The quantitative estimate of drug-likeness (QED) is 0.410. The van der Waals surface area contributed by atoms with Gasteiger partial charge in [-0.15, -0.1) is 0 Å². The highest BCUT2D eigenvalue weighted by Crippen LogP contribution is 2.28. The van der Waals surface area contributed by atoms with Crippen molar-refractivity contribution >= 4 is 26.0 Å². The number of unbranched alkanes of at least 4 members (excludes halogenated alkanes) is 3. The maximum Gasteiger partial charge on any atom is 0.243 e. The highest BCUT2D eigenvalue weighted by molar-refractivity contribution is 9.10. The van der Waals surface area contributed by atoms with Gasteiger partial charge in [0, 0.05) is 37.3 Å². The fraction of sp³-hybridized carbons (Fsp3) is 0.739. The minimum absolute atomic E-state index is 0.0497. The molecular formula is C23H37BrN2O4S. The second-order valence-electron chi connectivity index (χ2n) is 8.64. The molecule has 1 aromatic carbocycles. The standard InChI is InChI=1S/C23H37BrN2O4S/c1-25(31(27,28)23-12-6-20(24)7-13-23)21-8-10-22(11-9-21)30-17-5-3-2-4-14-26-15-18-29-19-16-26/h6-7,12-13,21-22H,2-5,8-11,14-19H2,1H3. The lowest BCUT2D eigenvalue weighted by atomic mass is 9.93. The predicted molar refractivity (Wildman–Crippen MR) is 127 cm³/mol. The molecule has 2 aliphatic rings. The first kappa shape index (κ1) is 25.1. The van der Waals surface area contributed by atoms with Crippen molar-refractivity contribution in [3.8, 4) is 0 Å². The first-order valence-corrected chi connectivity index (χ1v) is 13.9. The molecule has 3 rings (SSSR count). The van der Waals surface area contributed by atoms with Crippen molar-refractivity contribution in [3.05, 3.63) is 28.7 Å². The molecule has 0 atom stereocenters. The lowest BCUT2D eigenvalue weighted by molar-refractivity contribution is 0.0153. The van der Waals surface area contributed by atoms with Crippen molar-refractivity contribution in [3.63, 3.8) is 0 Å². The Morgan fingerprint density at radius 1 is 1.03 bits per heavy atom. The van der Waals surface area contributed by atoms with Gasteiger partial charge in [-0.25, -0.2) is 8.42 Å². The number of halogens is 1. The Balaban J connectivity index is 1.28. The van der Waals surface area contributed by atoms with Crippen molar-refractivity contribution in [1.29, 1.82) is 0 Å². The lowest BCUT2D eigenvalue weighted by Gasteiger charge is -2.34. The molecule has 0 radical (unpaired) electrons. The third kappa shape index (κ3) is 7.79. The Morgan fingerprint density at radius 2 is 1.68 bits per heavy atom. The highest BCUT2D eigenvalue weighted by Gasteiger charge is 2.31. The zero-order valence-electron chi connectivity index (χ0n) is 18.7. The molecule has 6 nitrogen and oxygen atoms in total. The van der Waals surface area contributed by atoms with Crippen molar-refractivity contribution < 1.29 is 17.9 Å². The number of hydrogen-bond acceptors (Lipinski definition) is 5. The summed E-state index contributed by atoms with van der Waals surface area (Å²) in [5.41, 5.74) is 0. The zero-order chi connectivity index (χ0) is 22.1. The van der Waals surface area contributed by atoms with Crippen LogP contribution in [-0.2, 0) is 19.5 Å². The van der Waals surface area contributed by atoms with Crippen LogP contribution in [0.4, 0.5) is 0 Å². The number of benzene rings is 1. The van der Waals surface area contributed by atoms with Gasteiger partial charge < -0.3 is 9.47 Å². The van der Waals surface area contributed by atoms with Gasteiger partial charge in [0.2, 0.25) is 10.0 Å². The van der Waals surface area contributed by atoms with Gasteiger partial charge in [-0.05, 0) is 69.3 Å². The number of hydrogen-bond donors (Lipinski definition) is 0. The summed E-state index contributed by atoms with van der Waals surface area (Å²) in [6.45, 7) is 5.91. The molecule has 8 heteroatoms. The fourth-order valence-electron chi connectivity index (χ4n) is 4.41. The Hall–Kier alpha value is -0.510. The van der Waals surface area contributed by atoms with Crippen molar-refractivity contribution in [2.24, 2.45) is 0 Å². The molecular weight excluding hydrogens is 480 g/mol. The number of nitrogens with zero attached hydrogens (tertiary/aromatic N) is 2. The van der Waals surface area contributed by atoms with Crippen LogP contribution < -0.4 is 0 Å². The van der Waals surface area contributed by atoms with E-state index in [0.29, 0.717) is 4.90 Å². The van der Waals surface area contributed by atoms with Crippen LogP contribution >= 0.6 is 15.9 Å². The monoisotopic (exact) mass is 516 g/mol. The zero-order valence-corrected chi connectivity index (χ0v) is 21.1. The van der Waals surface area contributed by atoms with E-state index in [-0.39, 0.29) is 12.1 Å². The molecule has 0 spiro atoms.